The van der Waals surface area contributed by atoms with E-state index in [0.29, 0.717) is 22.9 Å². The fourth-order valence-corrected chi connectivity index (χ4v) is 1.31. The van der Waals surface area contributed by atoms with Crippen LogP contribution in [-0.2, 0) is 14.3 Å². The lowest BCUT2D eigenvalue weighted by atomic mass is 10.1. The van der Waals surface area contributed by atoms with Crippen LogP contribution < -0.4 is 0 Å². The summed E-state index contributed by atoms with van der Waals surface area (Å²) in [6.45, 7) is 8.70. The van der Waals surface area contributed by atoms with Crippen LogP contribution in [0.25, 0.3) is 0 Å². The molecule has 0 atom stereocenters. The first-order chi connectivity index (χ1) is 7.52. The molecule has 0 radical (unpaired) electrons. The van der Waals surface area contributed by atoms with Crippen molar-refractivity contribution in [2.45, 2.75) is 19.8 Å². The molecule has 0 rings (SSSR count). The molecule has 0 saturated carbocycles. The predicted molar refractivity (Wildman–Crippen MR) is 67.2 cm³/mol. The summed E-state index contributed by atoms with van der Waals surface area (Å²) in [5.41, 5.74) is 0.360. The normalized spacial score (nSPS) is 10.8. The highest BCUT2D eigenvalue weighted by molar-refractivity contribution is 9.12. The Bertz CT molecular complexity index is 329. The maximum absolute atomic E-state index is 11.6. The van der Waals surface area contributed by atoms with Gasteiger partial charge in [-0.25, -0.2) is 0 Å². The van der Waals surface area contributed by atoms with E-state index < -0.39 is 0 Å². The quantitative estimate of drug-likeness (QED) is 0.411. The minimum absolute atomic E-state index is 0.261. The highest BCUT2D eigenvalue weighted by Crippen LogP contribution is 2.16. The zero-order valence-electron chi connectivity index (χ0n) is 9.29. The van der Waals surface area contributed by atoms with E-state index in [1.165, 1.54) is 12.2 Å². The zero-order chi connectivity index (χ0) is 12.6. The summed E-state index contributed by atoms with van der Waals surface area (Å²) in [6.07, 6.45) is 4.02. The Labute approximate surface area is 104 Å². The summed E-state index contributed by atoms with van der Waals surface area (Å²) in [5, 5.41) is 0. The molecule has 0 spiro atoms. The second-order valence-corrected chi connectivity index (χ2v) is 4.01. The number of allylic oxidation sites excluding steroid dienone is 3. The van der Waals surface area contributed by atoms with Crippen molar-refractivity contribution in [2.24, 2.45) is 0 Å². The van der Waals surface area contributed by atoms with Crippen molar-refractivity contribution in [3.8, 4) is 0 Å². The van der Waals surface area contributed by atoms with Gasteiger partial charge in [0.25, 0.3) is 0 Å². The zero-order valence-corrected chi connectivity index (χ0v) is 10.9. The molecule has 0 amide bonds. The molecule has 4 heteroatoms. The van der Waals surface area contributed by atoms with Crippen LogP contribution >= 0.6 is 15.9 Å². The van der Waals surface area contributed by atoms with Gasteiger partial charge < -0.3 is 4.74 Å². The van der Waals surface area contributed by atoms with Crippen LogP contribution in [0.3, 0.4) is 0 Å². The first kappa shape index (κ1) is 14.8. The minimum Gasteiger partial charge on any atom is -0.457 e. The van der Waals surface area contributed by atoms with E-state index in [-0.39, 0.29) is 18.4 Å². The van der Waals surface area contributed by atoms with Crippen LogP contribution in [0.1, 0.15) is 19.8 Å². The number of ketones is 1. The van der Waals surface area contributed by atoms with Crippen LogP contribution in [-0.4, -0.2) is 18.4 Å². The Morgan fingerprint density at radius 3 is 2.50 bits per heavy atom. The summed E-state index contributed by atoms with van der Waals surface area (Å²) in [5.74, 6) is -0.666. The van der Waals surface area contributed by atoms with E-state index in [0.717, 1.165) is 0 Å². The molecule has 0 heterocycles. The molecular formula is C12H15BrO3. The van der Waals surface area contributed by atoms with Gasteiger partial charge in [0.2, 0.25) is 5.78 Å². The first-order valence-electron chi connectivity index (χ1n) is 4.89. The molecule has 16 heavy (non-hydrogen) atoms. The van der Waals surface area contributed by atoms with E-state index >= 15 is 0 Å². The molecule has 0 unspecified atom stereocenters. The van der Waals surface area contributed by atoms with Gasteiger partial charge in [0.15, 0.2) is 6.61 Å². The van der Waals surface area contributed by atoms with Gasteiger partial charge in [-0.1, -0.05) is 48.2 Å². The average molecular weight is 287 g/mol. The standard InChI is InChI=1S/C12H15BrO3/c1-4-6-10(9(3)13)11(14)8-16-12(15)7-5-2/h4,6H,1,3,5,7-8H2,2H3/b10-6+. The molecule has 0 saturated heterocycles. The minimum atomic E-state index is -0.367. The monoisotopic (exact) mass is 286 g/mol. The molecular weight excluding hydrogens is 272 g/mol. The Morgan fingerprint density at radius 1 is 1.44 bits per heavy atom. The topological polar surface area (TPSA) is 43.4 Å². The van der Waals surface area contributed by atoms with Gasteiger partial charge in [-0.3, -0.25) is 9.59 Å². The molecule has 0 aromatic carbocycles. The Kier molecular flexibility index (Phi) is 7.46. The van der Waals surface area contributed by atoms with Crippen LogP contribution in [0, 0.1) is 0 Å². The fraction of sp³-hybridized carbons (Fsp3) is 0.333. The maximum atomic E-state index is 11.6. The number of Topliss-reactive ketones (excluding diaryl/α,β-unsaturated/α-hetero) is 1. The third kappa shape index (κ3) is 5.66. The van der Waals surface area contributed by atoms with Crippen molar-refractivity contribution in [1.29, 1.82) is 0 Å². The summed E-state index contributed by atoms with van der Waals surface area (Å²) < 4.78 is 5.24. The van der Waals surface area contributed by atoms with Gasteiger partial charge in [-0.2, -0.15) is 0 Å². The van der Waals surface area contributed by atoms with E-state index in [2.05, 4.69) is 29.1 Å². The summed E-state index contributed by atoms with van der Waals surface area (Å²) in [6, 6.07) is 0. The number of rotatable bonds is 7. The molecule has 0 bridgehead atoms. The van der Waals surface area contributed by atoms with E-state index in [1.54, 1.807) is 0 Å². The second-order valence-electron chi connectivity index (χ2n) is 3.05. The lowest BCUT2D eigenvalue weighted by Crippen LogP contribution is -2.15. The average Bonchev–Trinajstić information content (AvgIpc) is 2.22. The van der Waals surface area contributed by atoms with Gasteiger partial charge in [0, 0.05) is 16.5 Å². The van der Waals surface area contributed by atoms with Crippen LogP contribution in [0.15, 0.2) is 35.4 Å². The predicted octanol–water partition coefficient (Wildman–Crippen LogP) is 2.92. The second kappa shape index (κ2) is 8.05. The van der Waals surface area contributed by atoms with Gasteiger partial charge in [-0.05, 0) is 6.42 Å². The van der Waals surface area contributed by atoms with Crippen LogP contribution in [0.2, 0.25) is 0 Å². The summed E-state index contributed by atoms with van der Waals surface area (Å²) >= 11 is 3.11. The number of halogens is 1. The molecule has 0 N–H and O–H groups in total. The number of carbonyl (C=O) groups is 2. The Morgan fingerprint density at radius 2 is 2.06 bits per heavy atom. The van der Waals surface area contributed by atoms with E-state index in [1.807, 2.05) is 6.92 Å². The largest absolute Gasteiger partial charge is 0.457 e. The molecule has 0 fully saturated rings. The Balaban J connectivity index is 4.34. The van der Waals surface area contributed by atoms with Gasteiger partial charge in [0.05, 0.1) is 0 Å². The number of hydrogen-bond acceptors (Lipinski definition) is 3. The van der Waals surface area contributed by atoms with E-state index in [9.17, 15) is 9.59 Å². The fourth-order valence-electron chi connectivity index (χ4n) is 0.953. The van der Waals surface area contributed by atoms with Crippen LogP contribution in [0.4, 0.5) is 0 Å². The molecule has 88 valence electrons. The lowest BCUT2D eigenvalue weighted by molar-refractivity contribution is -0.147. The van der Waals surface area contributed by atoms with Gasteiger partial charge in [0.1, 0.15) is 0 Å². The number of hydrogen-bond donors (Lipinski definition) is 0. The molecule has 0 aliphatic carbocycles. The number of carbonyl (C=O) groups excluding carboxylic acids is 2. The van der Waals surface area contributed by atoms with Crippen molar-refractivity contribution in [1.82, 2.24) is 0 Å². The molecule has 0 aromatic heterocycles. The molecule has 0 aliphatic heterocycles. The molecule has 0 aromatic rings. The lowest BCUT2D eigenvalue weighted by Gasteiger charge is -2.05. The third-order valence-corrected chi connectivity index (χ3v) is 2.12. The van der Waals surface area contributed by atoms with Crippen molar-refractivity contribution >= 4 is 27.7 Å². The van der Waals surface area contributed by atoms with Crippen molar-refractivity contribution in [3.63, 3.8) is 0 Å². The van der Waals surface area contributed by atoms with Crippen molar-refractivity contribution in [2.75, 3.05) is 6.61 Å². The van der Waals surface area contributed by atoms with Gasteiger partial charge >= 0.3 is 5.97 Å². The number of esters is 1. The Hall–Kier alpha value is -1.16. The maximum Gasteiger partial charge on any atom is 0.306 e. The molecule has 3 nitrogen and oxygen atoms in total. The van der Waals surface area contributed by atoms with Crippen molar-refractivity contribution < 1.29 is 14.3 Å². The van der Waals surface area contributed by atoms with E-state index in [4.69, 9.17) is 4.74 Å². The summed E-state index contributed by atoms with van der Waals surface area (Å²) in [4.78, 5) is 22.6. The smallest absolute Gasteiger partial charge is 0.306 e. The first-order valence-corrected chi connectivity index (χ1v) is 5.68. The van der Waals surface area contributed by atoms with Crippen LogP contribution in [0.5, 0.6) is 0 Å². The van der Waals surface area contributed by atoms with Crippen molar-refractivity contribution in [3.05, 3.63) is 35.4 Å². The summed E-state index contributed by atoms with van der Waals surface area (Å²) in [7, 11) is 0. The SMILES string of the molecule is C=C/C=C(\C(=C)Br)C(=O)COC(=O)CCC. The third-order valence-electron chi connectivity index (χ3n) is 1.70. The highest BCUT2D eigenvalue weighted by atomic mass is 79.9. The number of ether oxygens (including phenoxy) is 1. The molecule has 0 aliphatic rings. The van der Waals surface area contributed by atoms with Gasteiger partial charge in [-0.15, -0.1) is 0 Å². The highest BCUT2D eigenvalue weighted by Gasteiger charge is 2.12.